The zero-order valence-electron chi connectivity index (χ0n) is 15.4. The third-order valence-electron chi connectivity index (χ3n) is 4.57. The molecule has 0 aromatic carbocycles. The third-order valence-corrected chi connectivity index (χ3v) is 4.57. The van der Waals surface area contributed by atoms with Gasteiger partial charge in [0.15, 0.2) is 5.82 Å². The number of carbonyl (C=O) groups is 1. The van der Waals surface area contributed by atoms with Gasteiger partial charge in [-0.3, -0.25) is 9.69 Å². The highest BCUT2D eigenvalue weighted by atomic mass is 16.5. The van der Waals surface area contributed by atoms with Crippen LogP contribution in [0.1, 0.15) is 64.2 Å². The number of amides is 1. The lowest BCUT2D eigenvalue weighted by Crippen LogP contribution is -2.42. The van der Waals surface area contributed by atoms with Crippen LogP contribution in [0.3, 0.4) is 0 Å². The van der Waals surface area contributed by atoms with Gasteiger partial charge in [-0.2, -0.15) is 4.98 Å². The lowest BCUT2D eigenvalue weighted by atomic mass is 9.91. The Bertz CT molecular complexity index is 524. The number of rotatable bonds is 7. The maximum Gasteiger partial charge on any atom is 0.249 e. The van der Waals surface area contributed by atoms with E-state index in [2.05, 4.69) is 29.3 Å². The monoisotopic (exact) mass is 338 g/mol. The van der Waals surface area contributed by atoms with E-state index in [0.29, 0.717) is 37.5 Å². The maximum atomic E-state index is 12.5. The van der Waals surface area contributed by atoms with Gasteiger partial charge in [-0.15, -0.1) is 0 Å². The Morgan fingerprint density at radius 1 is 1.29 bits per heavy atom. The molecule has 7 heteroatoms. The SMILES string of the molecule is CC(C)c1noc([C@@H](NC(=O)CN(C)C(C)C)C2CCOCC2)n1. The van der Waals surface area contributed by atoms with Crippen LogP contribution in [-0.2, 0) is 9.53 Å². The van der Waals surface area contributed by atoms with Crippen LogP contribution < -0.4 is 5.32 Å². The minimum atomic E-state index is -0.248. The fourth-order valence-corrected chi connectivity index (χ4v) is 2.67. The van der Waals surface area contributed by atoms with Crippen molar-refractivity contribution in [3.05, 3.63) is 11.7 Å². The number of nitrogens with zero attached hydrogens (tertiary/aromatic N) is 3. The van der Waals surface area contributed by atoms with Gasteiger partial charge in [0.2, 0.25) is 11.8 Å². The molecule has 1 aliphatic rings. The van der Waals surface area contributed by atoms with Crippen molar-refractivity contribution in [1.29, 1.82) is 0 Å². The molecule has 7 nitrogen and oxygen atoms in total. The molecular formula is C17H30N4O3. The van der Waals surface area contributed by atoms with Gasteiger partial charge in [0.1, 0.15) is 6.04 Å². The summed E-state index contributed by atoms with van der Waals surface area (Å²) in [5.74, 6) is 1.61. The topological polar surface area (TPSA) is 80.5 Å². The molecule has 1 N–H and O–H groups in total. The van der Waals surface area contributed by atoms with Gasteiger partial charge in [0.05, 0.1) is 6.54 Å². The molecule has 0 unspecified atom stereocenters. The summed E-state index contributed by atoms with van der Waals surface area (Å²) in [6, 6.07) is 0.0650. The first-order valence-corrected chi connectivity index (χ1v) is 8.79. The van der Waals surface area contributed by atoms with Crippen molar-refractivity contribution in [2.75, 3.05) is 26.8 Å². The Kier molecular flexibility index (Phi) is 6.74. The molecule has 136 valence electrons. The summed E-state index contributed by atoms with van der Waals surface area (Å²) >= 11 is 0. The highest BCUT2D eigenvalue weighted by molar-refractivity contribution is 5.78. The van der Waals surface area contributed by atoms with E-state index >= 15 is 0 Å². The largest absolute Gasteiger partial charge is 0.381 e. The second kappa shape index (κ2) is 8.58. The van der Waals surface area contributed by atoms with Gasteiger partial charge in [-0.05, 0) is 39.7 Å². The van der Waals surface area contributed by atoms with Gasteiger partial charge < -0.3 is 14.6 Å². The average Bonchev–Trinajstić information content (AvgIpc) is 3.03. The minimum absolute atomic E-state index is 0.0213. The second-order valence-electron chi connectivity index (χ2n) is 7.15. The van der Waals surface area contributed by atoms with Crippen molar-refractivity contribution in [3.63, 3.8) is 0 Å². The highest BCUT2D eigenvalue weighted by Gasteiger charge is 2.31. The summed E-state index contributed by atoms with van der Waals surface area (Å²) in [7, 11) is 1.94. The fourth-order valence-electron chi connectivity index (χ4n) is 2.67. The third kappa shape index (κ3) is 5.01. The lowest BCUT2D eigenvalue weighted by Gasteiger charge is -2.29. The Morgan fingerprint density at radius 3 is 2.50 bits per heavy atom. The highest BCUT2D eigenvalue weighted by Crippen LogP contribution is 2.30. The Balaban J connectivity index is 2.11. The van der Waals surface area contributed by atoms with Crippen LogP contribution >= 0.6 is 0 Å². The Labute approximate surface area is 144 Å². The molecule has 0 saturated carbocycles. The summed E-state index contributed by atoms with van der Waals surface area (Å²) in [5, 5.41) is 7.16. The quantitative estimate of drug-likeness (QED) is 0.820. The van der Waals surface area contributed by atoms with Crippen molar-refractivity contribution in [3.8, 4) is 0 Å². The van der Waals surface area contributed by atoms with Gasteiger partial charge in [-0.1, -0.05) is 19.0 Å². The van der Waals surface area contributed by atoms with Crippen molar-refractivity contribution in [2.45, 2.75) is 58.5 Å². The molecule has 24 heavy (non-hydrogen) atoms. The zero-order valence-corrected chi connectivity index (χ0v) is 15.4. The molecule has 0 aliphatic carbocycles. The normalized spacial score (nSPS) is 17.7. The van der Waals surface area contributed by atoms with E-state index in [4.69, 9.17) is 9.26 Å². The van der Waals surface area contributed by atoms with Gasteiger partial charge >= 0.3 is 0 Å². The van der Waals surface area contributed by atoms with Crippen LogP contribution in [0.15, 0.2) is 4.52 Å². The number of likely N-dealkylation sites (N-methyl/N-ethyl adjacent to an activating group) is 1. The van der Waals surface area contributed by atoms with Crippen LogP contribution in [0, 0.1) is 5.92 Å². The van der Waals surface area contributed by atoms with E-state index in [1.165, 1.54) is 0 Å². The summed E-state index contributed by atoms with van der Waals surface area (Å²) < 4.78 is 10.9. The first-order chi connectivity index (χ1) is 11.4. The predicted molar refractivity (Wildman–Crippen MR) is 90.6 cm³/mol. The standard InChI is InChI=1S/C17H30N4O3/c1-11(2)16-19-17(24-20-16)15(13-6-8-23-9-7-13)18-14(22)10-21(5)12(3)4/h11-13,15H,6-10H2,1-5H3,(H,18,22)/t15-/m0/s1. The summed E-state index contributed by atoms with van der Waals surface area (Å²) in [5.41, 5.74) is 0. The molecule has 1 aromatic rings. The van der Waals surface area contributed by atoms with E-state index in [1.54, 1.807) is 0 Å². The maximum absolute atomic E-state index is 12.5. The Morgan fingerprint density at radius 2 is 1.96 bits per heavy atom. The molecule has 2 rings (SSSR count). The number of hydrogen-bond acceptors (Lipinski definition) is 6. The predicted octanol–water partition coefficient (Wildman–Crippen LogP) is 2.12. The molecular weight excluding hydrogens is 308 g/mol. The number of hydrogen-bond donors (Lipinski definition) is 1. The summed E-state index contributed by atoms with van der Waals surface area (Å²) in [6.45, 7) is 9.93. The number of carbonyl (C=O) groups excluding carboxylic acids is 1. The van der Waals surface area contributed by atoms with E-state index in [0.717, 1.165) is 12.8 Å². The van der Waals surface area contributed by atoms with E-state index < -0.39 is 0 Å². The first-order valence-electron chi connectivity index (χ1n) is 8.79. The minimum Gasteiger partial charge on any atom is -0.381 e. The number of aromatic nitrogens is 2. The van der Waals surface area contributed by atoms with Crippen molar-refractivity contribution in [1.82, 2.24) is 20.4 Å². The summed E-state index contributed by atoms with van der Waals surface area (Å²) in [4.78, 5) is 19.0. The molecule has 0 bridgehead atoms. The van der Waals surface area contributed by atoms with Crippen LogP contribution in [0.4, 0.5) is 0 Å². The van der Waals surface area contributed by atoms with Gasteiger partial charge in [-0.25, -0.2) is 0 Å². The second-order valence-corrected chi connectivity index (χ2v) is 7.15. The van der Waals surface area contributed by atoms with Gasteiger partial charge in [0.25, 0.3) is 0 Å². The smallest absolute Gasteiger partial charge is 0.249 e. The molecule has 1 saturated heterocycles. The van der Waals surface area contributed by atoms with E-state index in [-0.39, 0.29) is 23.8 Å². The Hall–Kier alpha value is -1.47. The molecule has 1 fully saturated rings. The molecule has 1 amide bonds. The van der Waals surface area contributed by atoms with Crippen LogP contribution in [-0.4, -0.2) is 53.8 Å². The van der Waals surface area contributed by atoms with Crippen molar-refractivity contribution >= 4 is 5.91 Å². The zero-order chi connectivity index (χ0) is 17.7. The molecule has 0 spiro atoms. The summed E-state index contributed by atoms with van der Waals surface area (Å²) in [6.07, 6.45) is 1.76. The molecule has 2 heterocycles. The van der Waals surface area contributed by atoms with Crippen LogP contribution in [0.2, 0.25) is 0 Å². The molecule has 1 atom stereocenters. The van der Waals surface area contributed by atoms with Gasteiger partial charge in [0, 0.05) is 25.2 Å². The van der Waals surface area contributed by atoms with Crippen molar-refractivity contribution in [2.24, 2.45) is 5.92 Å². The van der Waals surface area contributed by atoms with Crippen LogP contribution in [0.25, 0.3) is 0 Å². The first kappa shape index (κ1) is 18.9. The lowest BCUT2D eigenvalue weighted by molar-refractivity contribution is -0.124. The molecule has 0 radical (unpaired) electrons. The van der Waals surface area contributed by atoms with E-state index in [9.17, 15) is 4.79 Å². The molecule has 1 aromatic heterocycles. The average molecular weight is 338 g/mol. The number of ether oxygens (including phenoxy) is 1. The number of nitrogens with one attached hydrogen (secondary N) is 1. The van der Waals surface area contributed by atoms with E-state index in [1.807, 2.05) is 25.8 Å². The fraction of sp³-hybridized carbons (Fsp3) is 0.824. The molecule has 1 aliphatic heterocycles. The van der Waals surface area contributed by atoms with Crippen molar-refractivity contribution < 1.29 is 14.1 Å². The van der Waals surface area contributed by atoms with Crippen LogP contribution in [0.5, 0.6) is 0 Å².